The molecule has 0 unspecified atom stereocenters. The van der Waals surface area contributed by atoms with Gasteiger partial charge in [0, 0.05) is 10.6 Å². The lowest BCUT2D eigenvalue weighted by atomic mass is 10.4. The van der Waals surface area contributed by atoms with Gasteiger partial charge in [-0.1, -0.05) is 86.8 Å². The third kappa shape index (κ3) is 2.27. The van der Waals surface area contributed by atoms with Gasteiger partial charge in [-0.3, -0.25) is 0 Å². The van der Waals surface area contributed by atoms with Gasteiger partial charge < -0.3 is 4.57 Å². The maximum absolute atomic E-state index is 13.9. The Balaban J connectivity index is 2.30. The molecule has 0 radical (unpaired) electrons. The highest BCUT2D eigenvalue weighted by Crippen LogP contribution is 2.43. The van der Waals surface area contributed by atoms with Crippen LogP contribution in [-0.2, 0) is 4.57 Å². The minimum Gasteiger partial charge on any atom is -0.323 e. The second-order valence-electron chi connectivity index (χ2n) is 4.54. The number of rotatable bonds is 3. The van der Waals surface area contributed by atoms with E-state index in [4.69, 9.17) is 0 Å². The van der Waals surface area contributed by atoms with Crippen molar-refractivity contribution in [1.82, 2.24) is 0 Å². The molecule has 0 fully saturated rings. The molecule has 100 valence electrons. The van der Waals surface area contributed by atoms with Crippen molar-refractivity contribution in [3.8, 4) is 0 Å². The summed E-state index contributed by atoms with van der Waals surface area (Å²) in [4.78, 5) is 0. The van der Waals surface area contributed by atoms with Gasteiger partial charge in [-0.15, -0.1) is 5.30 Å². The summed E-state index contributed by atoms with van der Waals surface area (Å²) in [5.41, 5.74) is 0. The number of hydrogen-bond donors (Lipinski definition) is 0. The van der Waals surface area contributed by atoms with Crippen molar-refractivity contribution >= 4 is 45.6 Å². The van der Waals surface area contributed by atoms with Crippen molar-refractivity contribution in [1.29, 1.82) is 0 Å². The fourth-order valence-electron chi connectivity index (χ4n) is 2.35. The molecular weight excluding hydrogens is 378 g/mol. The van der Waals surface area contributed by atoms with E-state index in [-0.39, 0.29) is 0 Å². The average Bonchev–Trinajstić information content (AvgIpc) is 2.95. The largest absolute Gasteiger partial charge is 0.323 e. The summed E-state index contributed by atoms with van der Waals surface area (Å²) >= 11 is 2.26. The van der Waals surface area contributed by atoms with Crippen LogP contribution in [-0.4, -0.2) is 0 Å². The van der Waals surface area contributed by atoms with E-state index < -0.39 is 7.14 Å². The molecule has 0 N–H and O–H groups in total. The molecule has 0 heterocycles. The second kappa shape index (κ2) is 5.63. The molecule has 0 spiro atoms. The Labute approximate surface area is 132 Å². The summed E-state index contributed by atoms with van der Waals surface area (Å²) in [6.45, 7) is 0. The molecule has 0 saturated carbocycles. The predicted molar refractivity (Wildman–Crippen MR) is 94.1 cm³/mol. The lowest BCUT2D eigenvalue weighted by Crippen LogP contribution is -2.25. The van der Waals surface area contributed by atoms with Crippen LogP contribution >= 0.6 is 29.7 Å². The van der Waals surface area contributed by atoms with Crippen LogP contribution in [0.15, 0.2) is 78.9 Å². The molecule has 0 saturated heterocycles. The molecule has 3 rings (SSSR count). The van der Waals surface area contributed by atoms with E-state index >= 15 is 0 Å². The van der Waals surface area contributed by atoms with E-state index in [9.17, 15) is 4.57 Å². The van der Waals surface area contributed by atoms with Crippen molar-refractivity contribution in [2.75, 3.05) is 0 Å². The molecule has 3 aromatic carbocycles. The molecule has 0 aliphatic heterocycles. The minimum atomic E-state index is -2.77. The van der Waals surface area contributed by atoms with Gasteiger partial charge >= 0.3 is 0 Å². The molecule has 0 aliphatic carbocycles. The Morgan fingerprint density at radius 1 is 0.800 bits per heavy atom. The summed E-state index contributed by atoms with van der Waals surface area (Å²) in [5, 5.41) is 2.70. The summed E-state index contributed by atoms with van der Waals surface area (Å²) in [6.07, 6.45) is 0. The maximum Gasteiger partial charge on any atom is 0.113 e. The standard InChI is InChI=1S/C17H13IOP/c18-16-12-7-13-17(16)20(19,14-8-3-1-4-9-14)15-10-5-2-6-11-15/h1-13H/q-1. The zero-order valence-electron chi connectivity index (χ0n) is 10.7. The molecule has 3 aromatic rings. The Morgan fingerprint density at radius 3 is 1.70 bits per heavy atom. The third-order valence-electron chi connectivity index (χ3n) is 3.32. The average molecular weight is 391 g/mol. The molecule has 1 nitrogen and oxygen atoms in total. The molecule has 20 heavy (non-hydrogen) atoms. The van der Waals surface area contributed by atoms with Crippen LogP contribution in [0.5, 0.6) is 0 Å². The van der Waals surface area contributed by atoms with Crippen LogP contribution in [0.3, 0.4) is 0 Å². The highest BCUT2D eigenvalue weighted by molar-refractivity contribution is 14.1. The smallest absolute Gasteiger partial charge is 0.113 e. The monoisotopic (exact) mass is 391 g/mol. The normalized spacial score (nSPS) is 11.4. The first kappa shape index (κ1) is 13.7. The van der Waals surface area contributed by atoms with Crippen molar-refractivity contribution < 1.29 is 4.57 Å². The van der Waals surface area contributed by atoms with Crippen molar-refractivity contribution in [3.63, 3.8) is 0 Å². The Morgan fingerprint density at radius 2 is 1.30 bits per heavy atom. The summed E-state index contributed by atoms with van der Waals surface area (Å²) in [6, 6.07) is 25.5. The van der Waals surface area contributed by atoms with E-state index in [1.807, 2.05) is 78.9 Å². The summed E-state index contributed by atoms with van der Waals surface area (Å²) in [7, 11) is -2.77. The lowest BCUT2D eigenvalue weighted by Gasteiger charge is -2.24. The second-order valence-corrected chi connectivity index (χ2v) is 8.43. The van der Waals surface area contributed by atoms with Crippen molar-refractivity contribution in [2.45, 2.75) is 0 Å². The van der Waals surface area contributed by atoms with Gasteiger partial charge in [0.25, 0.3) is 0 Å². The minimum absolute atomic E-state index is 0.885. The van der Waals surface area contributed by atoms with Crippen LogP contribution in [0.4, 0.5) is 0 Å². The molecule has 0 atom stereocenters. The van der Waals surface area contributed by atoms with Gasteiger partial charge in [-0.25, -0.2) is 6.07 Å². The first-order valence-electron chi connectivity index (χ1n) is 6.36. The van der Waals surface area contributed by atoms with Gasteiger partial charge in [0.1, 0.15) is 7.14 Å². The lowest BCUT2D eigenvalue weighted by molar-refractivity contribution is 0.592. The van der Waals surface area contributed by atoms with Gasteiger partial charge in [0.15, 0.2) is 0 Å². The molecule has 0 aromatic heterocycles. The fourth-order valence-corrected chi connectivity index (χ4v) is 6.46. The quantitative estimate of drug-likeness (QED) is 0.379. The Hall–Kier alpha value is -1.25. The number of hydrogen-bond acceptors (Lipinski definition) is 1. The fraction of sp³-hybridized carbons (Fsp3) is 0. The van der Waals surface area contributed by atoms with E-state index in [1.54, 1.807) is 0 Å². The summed E-state index contributed by atoms with van der Waals surface area (Å²) in [5.74, 6) is 0. The van der Waals surface area contributed by atoms with Crippen LogP contribution in [0.2, 0.25) is 0 Å². The SMILES string of the molecule is O=P(c1ccccc1)(c1ccccc1)c1cc[cH-]c1I. The van der Waals surface area contributed by atoms with Crippen LogP contribution < -0.4 is 15.9 Å². The molecule has 0 bridgehead atoms. The van der Waals surface area contributed by atoms with E-state index in [2.05, 4.69) is 22.6 Å². The van der Waals surface area contributed by atoms with E-state index in [0.717, 1.165) is 19.5 Å². The number of halogens is 1. The number of benzene rings is 2. The molecule has 0 amide bonds. The zero-order valence-corrected chi connectivity index (χ0v) is 13.8. The zero-order chi connectivity index (χ0) is 14.0. The van der Waals surface area contributed by atoms with Crippen molar-refractivity contribution in [2.24, 2.45) is 0 Å². The third-order valence-corrected chi connectivity index (χ3v) is 7.81. The Kier molecular flexibility index (Phi) is 3.86. The predicted octanol–water partition coefficient (Wildman–Crippen LogP) is 3.65. The van der Waals surface area contributed by atoms with Gasteiger partial charge in [0.2, 0.25) is 0 Å². The Bertz CT molecular complexity index is 703. The van der Waals surface area contributed by atoms with Crippen LogP contribution in [0, 0.1) is 3.57 Å². The first-order valence-corrected chi connectivity index (χ1v) is 9.14. The highest BCUT2D eigenvalue weighted by atomic mass is 127. The highest BCUT2D eigenvalue weighted by Gasteiger charge is 2.25. The van der Waals surface area contributed by atoms with Gasteiger partial charge in [0.05, 0.1) is 0 Å². The van der Waals surface area contributed by atoms with E-state index in [0.29, 0.717) is 0 Å². The van der Waals surface area contributed by atoms with Crippen LogP contribution in [0.1, 0.15) is 0 Å². The topological polar surface area (TPSA) is 17.1 Å². The first-order chi connectivity index (χ1) is 9.73. The van der Waals surface area contributed by atoms with Gasteiger partial charge in [-0.2, -0.15) is 12.1 Å². The molecular formula is C17H13IOP-. The molecule has 0 aliphatic rings. The van der Waals surface area contributed by atoms with Gasteiger partial charge in [-0.05, 0) is 0 Å². The molecule has 3 heteroatoms. The van der Waals surface area contributed by atoms with Crippen LogP contribution in [0.25, 0.3) is 0 Å². The van der Waals surface area contributed by atoms with Crippen molar-refractivity contribution in [3.05, 3.63) is 82.4 Å². The maximum atomic E-state index is 13.9. The van der Waals surface area contributed by atoms with E-state index in [1.165, 1.54) is 0 Å². The summed E-state index contributed by atoms with van der Waals surface area (Å²) < 4.78 is 14.9.